The number of amidine groups is 1. The molecule has 60 valence electrons. The summed E-state index contributed by atoms with van der Waals surface area (Å²) in [5.41, 5.74) is 5.33. The molecule has 0 bridgehead atoms. The third kappa shape index (κ3) is 0.910. The second-order valence-corrected chi connectivity index (χ2v) is 3.92. The molecule has 1 unspecified atom stereocenters. The van der Waals surface area contributed by atoms with E-state index in [1.807, 2.05) is 0 Å². The van der Waals surface area contributed by atoms with Crippen molar-refractivity contribution < 1.29 is 4.79 Å². The summed E-state index contributed by atoms with van der Waals surface area (Å²) < 4.78 is 0. The molecular weight excluding hydrogens is 162 g/mol. The Bertz CT molecular complexity index is 232. The van der Waals surface area contributed by atoms with Gasteiger partial charge in [-0.15, -0.1) is 0 Å². The minimum Gasteiger partial charge on any atom is -0.385 e. The quantitative estimate of drug-likeness (QED) is 0.536. The molecule has 0 radical (unpaired) electrons. The lowest BCUT2D eigenvalue weighted by atomic mass is 9.99. The number of aliphatic imine (C=N–C) groups is 1. The third-order valence-corrected chi connectivity index (χ3v) is 3.27. The molecule has 1 fully saturated rings. The summed E-state index contributed by atoms with van der Waals surface area (Å²) in [4.78, 5) is 14.5. The molecule has 1 spiro atoms. The monoisotopic (exact) mass is 171 g/mol. The summed E-state index contributed by atoms with van der Waals surface area (Å²) in [7, 11) is 0. The van der Waals surface area contributed by atoms with E-state index in [9.17, 15) is 4.79 Å². The van der Waals surface area contributed by atoms with Crippen molar-refractivity contribution >= 4 is 23.6 Å². The zero-order chi connectivity index (χ0) is 7.90. The van der Waals surface area contributed by atoms with Crippen molar-refractivity contribution in [3.05, 3.63) is 0 Å². The molecule has 5 heteroatoms. The highest BCUT2D eigenvalue weighted by Crippen LogP contribution is 2.30. The zero-order valence-corrected chi connectivity index (χ0v) is 6.78. The minimum atomic E-state index is -0.290. The first kappa shape index (κ1) is 6.97. The van der Waals surface area contributed by atoms with Gasteiger partial charge in [0, 0.05) is 5.75 Å². The molecule has 1 atom stereocenters. The molecule has 0 aliphatic carbocycles. The number of rotatable bonds is 0. The summed E-state index contributed by atoms with van der Waals surface area (Å²) in [6.07, 6.45) is 0.915. The smallest absolute Gasteiger partial charge is 0.343 e. The molecule has 0 aromatic heterocycles. The van der Waals surface area contributed by atoms with Crippen LogP contribution in [0.25, 0.3) is 0 Å². The Kier molecular flexibility index (Phi) is 1.35. The first-order valence-corrected chi connectivity index (χ1v) is 4.63. The summed E-state index contributed by atoms with van der Waals surface area (Å²) in [6, 6.07) is -0.287. The number of carbonyl (C=O) groups excluding carboxylic acids is 1. The third-order valence-electron chi connectivity index (χ3n) is 2.08. The number of nitrogens with zero attached hydrogens (tertiary/aromatic N) is 1. The average Bonchev–Trinajstić information content (AvgIpc) is 2.45. The maximum absolute atomic E-state index is 10.8. The van der Waals surface area contributed by atoms with Crippen LogP contribution >= 0.6 is 11.8 Å². The molecule has 0 aromatic carbocycles. The highest BCUT2D eigenvalue weighted by molar-refractivity contribution is 7.99. The SMILES string of the molecule is NC1=NC(=O)NC12CCSC2. The van der Waals surface area contributed by atoms with Gasteiger partial charge in [0.15, 0.2) is 0 Å². The molecule has 2 aliphatic rings. The van der Waals surface area contributed by atoms with Gasteiger partial charge >= 0.3 is 6.03 Å². The average molecular weight is 171 g/mol. The normalized spacial score (nSPS) is 36.0. The Labute approximate surface area is 68.6 Å². The van der Waals surface area contributed by atoms with E-state index in [4.69, 9.17) is 5.73 Å². The molecule has 3 N–H and O–H groups in total. The van der Waals surface area contributed by atoms with Crippen molar-refractivity contribution in [1.29, 1.82) is 0 Å². The van der Waals surface area contributed by atoms with E-state index in [0.717, 1.165) is 17.9 Å². The van der Waals surface area contributed by atoms with Crippen molar-refractivity contribution in [2.75, 3.05) is 11.5 Å². The predicted molar refractivity (Wildman–Crippen MR) is 44.8 cm³/mol. The second kappa shape index (κ2) is 2.14. The van der Waals surface area contributed by atoms with E-state index in [-0.39, 0.29) is 11.6 Å². The van der Waals surface area contributed by atoms with Crippen molar-refractivity contribution in [3.8, 4) is 0 Å². The molecule has 0 saturated carbocycles. The first-order valence-electron chi connectivity index (χ1n) is 3.47. The molecule has 2 aliphatic heterocycles. The lowest BCUT2D eigenvalue weighted by Crippen LogP contribution is -2.51. The van der Waals surface area contributed by atoms with Crippen LogP contribution in [-0.4, -0.2) is 28.9 Å². The Hall–Kier alpha value is -0.710. The summed E-state index contributed by atoms with van der Waals surface area (Å²) in [5.74, 6) is 2.39. The zero-order valence-electron chi connectivity index (χ0n) is 5.96. The predicted octanol–water partition coefficient (Wildman–Crippen LogP) is -0.0575. The van der Waals surface area contributed by atoms with Gasteiger partial charge in [-0.1, -0.05) is 0 Å². The van der Waals surface area contributed by atoms with Crippen molar-refractivity contribution in [1.82, 2.24) is 5.32 Å². The molecule has 2 rings (SSSR count). The van der Waals surface area contributed by atoms with Crippen LogP contribution in [-0.2, 0) is 0 Å². The van der Waals surface area contributed by atoms with Gasteiger partial charge in [-0.2, -0.15) is 16.8 Å². The van der Waals surface area contributed by atoms with Gasteiger partial charge in [-0.25, -0.2) is 4.79 Å². The van der Waals surface area contributed by atoms with Crippen LogP contribution in [0.2, 0.25) is 0 Å². The molecule has 0 aromatic rings. The lowest BCUT2D eigenvalue weighted by molar-refractivity contribution is 0.247. The topological polar surface area (TPSA) is 67.5 Å². The Morgan fingerprint density at radius 2 is 2.55 bits per heavy atom. The van der Waals surface area contributed by atoms with Crippen LogP contribution in [0.1, 0.15) is 6.42 Å². The van der Waals surface area contributed by atoms with E-state index >= 15 is 0 Å². The van der Waals surface area contributed by atoms with E-state index in [1.165, 1.54) is 0 Å². The lowest BCUT2D eigenvalue weighted by Gasteiger charge is -2.20. The number of urea groups is 1. The van der Waals surface area contributed by atoms with Gasteiger partial charge in [0.1, 0.15) is 11.4 Å². The van der Waals surface area contributed by atoms with Gasteiger partial charge in [-0.3, -0.25) is 0 Å². The molecule has 2 amide bonds. The van der Waals surface area contributed by atoms with Crippen LogP contribution in [0.3, 0.4) is 0 Å². The van der Waals surface area contributed by atoms with Crippen molar-refractivity contribution in [2.45, 2.75) is 12.0 Å². The van der Waals surface area contributed by atoms with Crippen LogP contribution in [0, 0.1) is 0 Å². The number of hydrogen-bond donors (Lipinski definition) is 2. The van der Waals surface area contributed by atoms with E-state index in [1.54, 1.807) is 11.8 Å². The highest BCUT2D eigenvalue weighted by atomic mass is 32.2. The fourth-order valence-corrected chi connectivity index (χ4v) is 2.73. The Morgan fingerprint density at radius 3 is 3.00 bits per heavy atom. The fourth-order valence-electron chi connectivity index (χ4n) is 1.38. The van der Waals surface area contributed by atoms with Crippen LogP contribution in [0.15, 0.2) is 4.99 Å². The molecule has 4 nitrogen and oxygen atoms in total. The number of hydrogen-bond acceptors (Lipinski definition) is 3. The van der Waals surface area contributed by atoms with Gasteiger partial charge in [0.05, 0.1) is 0 Å². The highest BCUT2D eigenvalue weighted by Gasteiger charge is 2.43. The molecular formula is C6H9N3OS. The van der Waals surface area contributed by atoms with Gasteiger partial charge in [-0.05, 0) is 12.2 Å². The van der Waals surface area contributed by atoms with Crippen LogP contribution < -0.4 is 11.1 Å². The standard InChI is InChI=1S/C6H9N3OS/c7-4-6(1-2-11-3-6)9-5(10)8-4/h1-3H2,(H3,7,8,9,10). The minimum absolute atomic E-state index is 0.287. The van der Waals surface area contributed by atoms with E-state index in [2.05, 4.69) is 10.3 Å². The largest absolute Gasteiger partial charge is 0.385 e. The Morgan fingerprint density at radius 1 is 1.73 bits per heavy atom. The van der Waals surface area contributed by atoms with Crippen LogP contribution in [0.4, 0.5) is 4.79 Å². The maximum atomic E-state index is 10.8. The second-order valence-electron chi connectivity index (χ2n) is 2.81. The number of nitrogens with one attached hydrogen (secondary N) is 1. The maximum Gasteiger partial charge on any atom is 0.343 e. The van der Waals surface area contributed by atoms with Crippen molar-refractivity contribution in [2.24, 2.45) is 10.7 Å². The number of amides is 2. The number of nitrogens with two attached hydrogens (primary N) is 1. The van der Waals surface area contributed by atoms with Crippen LogP contribution in [0.5, 0.6) is 0 Å². The molecule has 2 heterocycles. The molecule has 11 heavy (non-hydrogen) atoms. The fraction of sp³-hybridized carbons (Fsp3) is 0.667. The van der Waals surface area contributed by atoms with E-state index in [0.29, 0.717) is 5.84 Å². The van der Waals surface area contributed by atoms with Gasteiger partial charge in [0.2, 0.25) is 0 Å². The summed E-state index contributed by atoms with van der Waals surface area (Å²) >= 11 is 1.80. The van der Waals surface area contributed by atoms with E-state index < -0.39 is 0 Å². The Balaban J connectivity index is 2.28. The van der Waals surface area contributed by atoms with Gasteiger partial charge < -0.3 is 11.1 Å². The van der Waals surface area contributed by atoms with Crippen molar-refractivity contribution in [3.63, 3.8) is 0 Å². The number of thioether (sulfide) groups is 1. The summed E-state index contributed by atoms with van der Waals surface area (Å²) in [6.45, 7) is 0. The van der Waals surface area contributed by atoms with Gasteiger partial charge in [0.25, 0.3) is 0 Å². The molecule has 1 saturated heterocycles. The first-order chi connectivity index (χ1) is 5.23. The number of carbonyl (C=O) groups is 1. The summed E-state index contributed by atoms with van der Waals surface area (Å²) in [5, 5.41) is 2.79.